The number of anilines is 1. The van der Waals surface area contributed by atoms with Gasteiger partial charge in [-0.3, -0.25) is 0 Å². The summed E-state index contributed by atoms with van der Waals surface area (Å²) in [5.74, 6) is -0.0333. The molecule has 0 radical (unpaired) electrons. The van der Waals surface area contributed by atoms with Crippen molar-refractivity contribution >= 4 is 23.4 Å². The van der Waals surface area contributed by atoms with Gasteiger partial charge in [-0.1, -0.05) is 29.8 Å². The molecule has 0 amide bonds. The number of hydrogen-bond donors (Lipinski definition) is 2. The van der Waals surface area contributed by atoms with E-state index < -0.39 is 5.97 Å². The van der Waals surface area contributed by atoms with E-state index in [-0.39, 0.29) is 5.56 Å². The number of rotatable bonds is 3. The van der Waals surface area contributed by atoms with Gasteiger partial charge in [-0.2, -0.15) is 5.10 Å². The third kappa shape index (κ3) is 2.43. The summed E-state index contributed by atoms with van der Waals surface area (Å²) in [5.41, 5.74) is 3.99. The Balaban J connectivity index is 1.86. The summed E-state index contributed by atoms with van der Waals surface area (Å²) in [6.07, 6.45) is 0.881. The fourth-order valence-electron chi connectivity index (χ4n) is 2.97. The van der Waals surface area contributed by atoms with Crippen LogP contribution in [0.15, 0.2) is 48.5 Å². The Bertz CT molecular complexity index is 932. The van der Waals surface area contributed by atoms with Crippen LogP contribution in [0.3, 0.4) is 0 Å². The summed E-state index contributed by atoms with van der Waals surface area (Å²) in [7, 11) is 0. The van der Waals surface area contributed by atoms with Crippen LogP contribution in [0.5, 0.6) is 0 Å². The Labute approximate surface area is 143 Å². The summed E-state index contributed by atoms with van der Waals surface area (Å²) in [5, 5.41) is 17.9. The number of carboxylic acids is 1. The van der Waals surface area contributed by atoms with E-state index in [1.165, 1.54) is 0 Å². The maximum Gasteiger partial charge on any atom is 0.335 e. The van der Waals surface area contributed by atoms with Crippen molar-refractivity contribution < 1.29 is 9.90 Å². The van der Waals surface area contributed by atoms with Gasteiger partial charge in [0.2, 0.25) is 0 Å². The van der Waals surface area contributed by atoms with Crippen molar-refractivity contribution in [2.24, 2.45) is 0 Å². The van der Waals surface area contributed by atoms with E-state index in [4.69, 9.17) is 16.7 Å². The van der Waals surface area contributed by atoms with Gasteiger partial charge in [0.05, 0.1) is 16.9 Å². The zero-order valence-corrected chi connectivity index (χ0v) is 13.4. The van der Waals surface area contributed by atoms with Gasteiger partial charge in [-0.05, 0) is 36.8 Å². The summed E-state index contributed by atoms with van der Waals surface area (Å²) >= 11 is 5.97. The van der Waals surface area contributed by atoms with E-state index in [9.17, 15) is 9.90 Å². The molecule has 2 aromatic carbocycles. The number of nitrogens with zero attached hydrogens (tertiary/aromatic N) is 2. The summed E-state index contributed by atoms with van der Waals surface area (Å²) in [6.45, 7) is 0.840. The minimum absolute atomic E-state index is 0.239. The van der Waals surface area contributed by atoms with Crippen molar-refractivity contribution in [1.29, 1.82) is 0 Å². The molecule has 1 aliphatic rings. The van der Waals surface area contributed by atoms with Gasteiger partial charge >= 0.3 is 5.97 Å². The van der Waals surface area contributed by atoms with Crippen LogP contribution in [-0.2, 0) is 6.42 Å². The first kappa shape index (κ1) is 14.8. The van der Waals surface area contributed by atoms with E-state index in [1.807, 2.05) is 30.3 Å². The van der Waals surface area contributed by atoms with Crippen LogP contribution in [0, 0.1) is 0 Å². The van der Waals surface area contributed by atoms with Crippen molar-refractivity contribution in [3.05, 3.63) is 64.7 Å². The Morgan fingerprint density at radius 2 is 2.00 bits per heavy atom. The number of nitrogens with one attached hydrogen (secondary N) is 1. The Kier molecular flexibility index (Phi) is 3.50. The van der Waals surface area contributed by atoms with Crippen molar-refractivity contribution in [2.75, 3.05) is 11.9 Å². The predicted octanol–water partition coefficient (Wildman–Crippen LogP) is 3.86. The van der Waals surface area contributed by atoms with Crippen LogP contribution in [0.2, 0.25) is 5.02 Å². The largest absolute Gasteiger partial charge is 0.478 e. The highest BCUT2D eigenvalue weighted by atomic mass is 35.5. The smallest absolute Gasteiger partial charge is 0.335 e. The SMILES string of the molecule is O=C(O)c1cccc(-n2nc(-c3ccc(Cl)cc3)c3c2NCC3)c1. The van der Waals surface area contributed by atoms with Gasteiger partial charge in [0, 0.05) is 22.7 Å². The molecule has 0 aliphatic carbocycles. The average molecular weight is 340 g/mol. The maximum atomic E-state index is 11.2. The molecular weight excluding hydrogens is 326 g/mol. The van der Waals surface area contributed by atoms with Crippen molar-refractivity contribution in [3.63, 3.8) is 0 Å². The second kappa shape index (κ2) is 5.69. The molecule has 2 heterocycles. The lowest BCUT2D eigenvalue weighted by molar-refractivity contribution is 0.0697. The number of benzene rings is 2. The third-order valence-electron chi connectivity index (χ3n) is 4.11. The number of fused-ring (bicyclic) bond motifs is 1. The van der Waals surface area contributed by atoms with Gasteiger partial charge < -0.3 is 10.4 Å². The van der Waals surface area contributed by atoms with Crippen molar-refractivity contribution in [2.45, 2.75) is 6.42 Å². The lowest BCUT2D eigenvalue weighted by atomic mass is 10.1. The fraction of sp³-hybridized carbons (Fsp3) is 0.111. The van der Waals surface area contributed by atoms with E-state index in [1.54, 1.807) is 22.9 Å². The molecule has 2 N–H and O–H groups in total. The first-order chi connectivity index (χ1) is 11.6. The number of hydrogen-bond acceptors (Lipinski definition) is 3. The molecule has 0 bridgehead atoms. The minimum atomic E-state index is -0.952. The zero-order valence-electron chi connectivity index (χ0n) is 12.7. The minimum Gasteiger partial charge on any atom is -0.478 e. The second-order valence-corrected chi connectivity index (χ2v) is 6.06. The van der Waals surface area contributed by atoms with Crippen molar-refractivity contribution in [1.82, 2.24) is 9.78 Å². The van der Waals surface area contributed by atoms with E-state index in [2.05, 4.69) is 5.32 Å². The van der Waals surface area contributed by atoms with E-state index in [0.717, 1.165) is 41.3 Å². The summed E-state index contributed by atoms with van der Waals surface area (Å²) in [4.78, 5) is 11.2. The van der Waals surface area contributed by atoms with Gasteiger partial charge in [0.25, 0.3) is 0 Å². The normalized spacial score (nSPS) is 12.7. The van der Waals surface area contributed by atoms with E-state index in [0.29, 0.717) is 5.02 Å². The van der Waals surface area contributed by atoms with Crippen LogP contribution in [0.25, 0.3) is 16.9 Å². The molecular formula is C18H14ClN3O2. The molecule has 0 saturated carbocycles. The highest BCUT2D eigenvalue weighted by Crippen LogP contribution is 2.35. The molecule has 0 atom stereocenters. The van der Waals surface area contributed by atoms with Crippen LogP contribution in [0.4, 0.5) is 5.82 Å². The fourth-order valence-corrected chi connectivity index (χ4v) is 3.10. The lowest BCUT2D eigenvalue weighted by Crippen LogP contribution is -2.05. The van der Waals surface area contributed by atoms with Crippen LogP contribution in [-0.4, -0.2) is 27.4 Å². The summed E-state index contributed by atoms with van der Waals surface area (Å²) < 4.78 is 1.78. The Hall–Kier alpha value is -2.79. The number of aromatic nitrogens is 2. The highest BCUT2D eigenvalue weighted by Gasteiger charge is 2.24. The molecule has 1 aliphatic heterocycles. The number of carboxylic acid groups (broad SMARTS) is 1. The van der Waals surface area contributed by atoms with Crippen LogP contribution in [0.1, 0.15) is 15.9 Å². The van der Waals surface area contributed by atoms with Crippen LogP contribution >= 0.6 is 11.6 Å². The molecule has 0 fully saturated rings. The average Bonchev–Trinajstić information content (AvgIpc) is 3.18. The molecule has 120 valence electrons. The van der Waals surface area contributed by atoms with Gasteiger partial charge in [-0.25, -0.2) is 9.48 Å². The Morgan fingerprint density at radius 3 is 2.75 bits per heavy atom. The predicted molar refractivity (Wildman–Crippen MR) is 93.2 cm³/mol. The number of carbonyl (C=O) groups is 1. The first-order valence-electron chi connectivity index (χ1n) is 7.59. The van der Waals surface area contributed by atoms with E-state index >= 15 is 0 Å². The molecule has 0 saturated heterocycles. The first-order valence-corrected chi connectivity index (χ1v) is 7.97. The molecule has 1 aromatic heterocycles. The standard InChI is InChI=1S/C18H14ClN3O2/c19-13-6-4-11(5-7-13)16-15-8-9-20-17(15)22(21-16)14-3-1-2-12(10-14)18(23)24/h1-7,10,20H,8-9H2,(H,23,24). The molecule has 0 spiro atoms. The molecule has 6 heteroatoms. The Morgan fingerprint density at radius 1 is 1.21 bits per heavy atom. The number of aromatic carboxylic acids is 1. The number of halogens is 1. The quantitative estimate of drug-likeness (QED) is 0.760. The van der Waals surface area contributed by atoms with Crippen LogP contribution < -0.4 is 5.32 Å². The topological polar surface area (TPSA) is 67.1 Å². The molecule has 5 nitrogen and oxygen atoms in total. The lowest BCUT2D eigenvalue weighted by Gasteiger charge is -2.07. The molecule has 3 aromatic rings. The van der Waals surface area contributed by atoms with Gasteiger partial charge in [0.1, 0.15) is 5.82 Å². The highest BCUT2D eigenvalue weighted by molar-refractivity contribution is 6.30. The molecule has 24 heavy (non-hydrogen) atoms. The van der Waals surface area contributed by atoms with Crippen molar-refractivity contribution in [3.8, 4) is 16.9 Å². The van der Waals surface area contributed by atoms with Gasteiger partial charge in [0.15, 0.2) is 0 Å². The monoisotopic (exact) mass is 339 g/mol. The second-order valence-electron chi connectivity index (χ2n) is 5.63. The maximum absolute atomic E-state index is 11.2. The zero-order chi connectivity index (χ0) is 16.7. The van der Waals surface area contributed by atoms with Gasteiger partial charge in [-0.15, -0.1) is 0 Å². The molecule has 0 unspecified atom stereocenters. The molecule has 4 rings (SSSR count). The third-order valence-corrected chi connectivity index (χ3v) is 4.36. The summed E-state index contributed by atoms with van der Waals surface area (Å²) in [6, 6.07) is 14.4.